The molecule has 0 saturated carbocycles. The van der Waals surface area contributed by atoms with Crippen molar-refractivity contribution in [2.24, 2.45) is 5.92 Å². The maximum absolute atomic E-state index is 6.01. The van der Waals surface area contributed by atoms with Crippen molar-refractivity contribution in [1.82, 2.24) is 29.5 Å². The van der Waals surface area contributed by atoms with Gasteiger partial charge in [-0.25, -0.2) is 19.9 Å². The lowest BCUT2D eigenvalue weighted by molar-refractivity contribution is 0.0299. The first kappa shape index (κ1) is 19.2. The van der Waals surface area contributed by atoms with Gasteiger partial charge >= 0.3 is 0 Å². The van der Waals surface area contributed by atoms with Gasteiger partial charge in [-0.1, -0.05) is 20.3 Å². The lowest BCUT2D eigenvalue weighted by atomic mass is 10.0. The highest BCUT2D eigenvalue weighted by molar-refractivity contribution is 5.87. The van der Waals surface area contributed by atoms with E-state index in [1.165, 1.54) is 0 Å². The fourth-order valence-corrected chi connectivity index (χ4v) is 4.38. The summed E-state index contributed by atoms with van der Waals surface area (Å²) in [7, 11) is 0. The fraction of sp³-hybridized carbons (Fsp3) is 0.571. The van der Waals surface area contributed by atoms with E-state index in [1.54, 1.807) is 12.4 Å². The van der Waals surface area contributed by atoms with Crippen LogP contribution in [0, 0.1) is 5.92 Å². The van der Waals surface area contributed by atoms with Gasteiger partial charge in [-0.2, -0.15) is 4.98 Å². The summed E-state index contributed by atoms with van der Waals surface area (Å²) in [5.41, 5.74) is 8.66. The Bertz CT molecular complexity index is 1040. The summed E-state index contributed by atoms with van der Waals surface area (Å²) in [4.78, 5) is 25.5. The molecule has 9 heteroatoms. The Morgan fingerprint density at radius 3 is 2.53 bits per heavy atom. The van der Waals surface area contributed by atoms with E-state index in [0.29, 0.717) is 29.1 Å². The highest BCUT2D eigenvalue weighted by Gasteiger charge is 2.35. The lowest BCUT2D eigenvalue weighted by Crippen LogP contribution is -2.43. The molecule has 5 heterocycles. The Morgan fingerprint density at radius 1 is 1.10 bits per heavy atom. The van der Waals surface area contributed by atoms with Crippen molar-refractivity contribution < 1.29 is 4.74 Å². The Hall–Kier alpha value is -2.81. The van der Waals surface area contributed by atoms with Crippen LogP contribution in [0.4, 0.5) is 11.8 Å². The predicted molar refractivity (Wildman–Crippen MR) is 115 cm³/mol. The zero-order chi connectivity index (χ0) is 20.8. The molecule has 3 aromatic heterocycles. The topological polar surface area (TPSA) is 108 Å². The van der Waals surface area contributed by atoms with Gasteiger partial charge in [0.2, 0.25) is 5.95 Å². The van der Waals surface area contributed by atoms with Gasteiger partial charge in [-0.05, 0) is 25.7 Å². The number of fused-ring (bicyclic) bond motifs is 3. The highest BCUT2D eigenvalue weighted by Crippen LogP contribution is 2.33. The molecule has 2 aliphatic rings. The molecule has 5 rings (SSSR count). The normalized spacial score (nSPS) is 23.1. The van der Waals surface area contributed by atoms with E-state index in [2.05, 4.69) is 45.2 Å². The van der Waals surface area contributed by atoms with Gasteiger partial charge in [0.1, 0.15) is 22.7 Å². The second kappa shape index (κ2) is 7.46. The molecular formula is C21H28N8O. The van der Waals surface area contributed by atoms with E-state index >= 15 is 0 Å². The van der Waals surface area contributed by atoms with Crippen molar-refractivity contribution in [3.8, 4) is 11.4 Å². The predicted octanol–water partition coefficient (Wildman–Crippen LogP) is 2.84. The van der Waals surface area contributed by atoms with Crippen molar-refractivity contribution in [3.63, 3.8) is 0 Å². The Morgan fingerprint density at radius 2 is 1.87 bits per heavy atom. The molecule has 3 aromatic rings. The minimum absolute atomic E-state index is 0.256. The summed E-state index contributed by atoms with van der Waals surface area (Å²) in [5.74, 6) is 1.58. The number of nitrogen functional groups attached to an aromatic ring is 1. The molecule has 2 N–H and O–H groups in total. The van der Waals surface area contributed by atoms with E-state index in [9.17, 15) is 0 Å². The van der Waals surface area contributed by atoms with Crippen molar-refractivity contribution >= 4 is 22.9 Å². The Balaban J connectivity index is 1.65. The van der Waals surface area contributed by atoms with Crippen LogP contribution >= 0.6 is 0 Å². The molecule has 0 radical (unpaired) electrons. The number of hydrogen-bond acceptors (Lipinski definition) is 8. The van der Waals surface area contributed by atoms with Gasteiger partial charge in [-0.15, -0.1) is 0 Å². The number of ether oxygens (including phenoxy) is 1. The number of aromatic nitrogens is 6. The summed E-state index contributed by atoms with van der Waals surface area (Å²) < 4.78 is 8.17. The second-order valence-corrected chi connectivity index (χ2v) is 8.51. The number of anilines is 2. The minimum atomic E-state index is 0.256. The van der Waals surface area contributed by atoms with Gasteiger partial charge in [0.25, 0.3) is 0 Å². The standard InChI is InChI=1S/C21H28N8O/c1-4-12(2)13(3)29-11-25-19-18(16-7-24-17(22)8-23-16)26-21(27-20(19)29)28-9-14-5-6-15(10-28)30-14/h7-8,11-15H,4-6,9-10H2,1-3H3,(H2,22,24). The van der Waals surface area contributed by atoms with Gasteiger partial charge in [0.05, 0.1) is 30.9 Å². The number of rotatable bonds is 5. The van der Waals surface area contributed by atoms with Gasteiger partial charge in [-0.3, -0.25) is 0 Å². The van der Waals surface area contributed by atoms with E-state index in [4.69, 9.17) is 20.4 Å². The SMILES string of the molecule is CCC(C)C(C)n1cnc2c(-c3cnc(N)cn3)nc(N3CC4CCC(C3)O4)nc21. The summed E-state index contributed by atoms with van der Waals surface area (Å²) in [6, 6.07) is 0.272. The molecule has 2 bridgehead atoms. The third kappa shape index (κ3) is 3.27. The highest BCUT2D eigenvalue weighted by atomic mass is 16.5. The molecule has 2 fully saturated rings. The third-order valence-electron chi connectivity index (χ3n) is 6.56. The molecule has 2 saturated heterocycles. The monoisotopic (exact) mass is 408 g/mol. The number of morpholine rings is 1. The first-order valence-electron chi connectivity index (χ1n) is 10.8. The first-order valence-corrected chi connectivity index (χ1v) is 10.8. The first-order chi connectivity index (χ1) is 14.5. The fourth-order valence-electron chi connectivity index (χ4n) is 4.38. The molecular weight excluding hydrogens is 380 g/mol. The third-order valence-corrected chi connectivity index (χ3v) is 6.56. The van der Waals surface area contributed by atoms with Crippen LogP contribution in [0.25, 0.3) is 22.6 Å². The van der Waals surface area contributed by atoms with E-state index in [1.807, 2.05) is 6.33 Å². The van der Waals surface area contributed by atoms with Crippen LogP contribution in [0.5, 0.6) is 0 Å². The average Bonchev–Trinajstić information content (AvgIpc) is 3.34. The number of nitrogens with zero attached hydrogens (tertiary/aromatic N) is 7. The van der Waals surface area contributed by atoms with Crippen LogP contribution in [0.15, 0.2) is 18.7 Å². The van der Waals surface area contributed by atoms with Gasteiger partial charge < -0.3 is 19.9 Å². The van der Waals surface area contributed by atoms with Crippen LogP contribution in [-0.2, 0) is 4.74 Å². The van der Waals surface area contributed by atoms with E-state index in [-0.39, 0.29) is 18.2 Å². The summed E-state index contributed by atoms with van der Waals surface area (Å²) in [6.45, 7) is 8.30. The molecule has 0 aromatic carbocycles. The number of nitrogens with two attached hydrogens (primary N) is 1. The maximum Gasteiger partial charge on any atom is 0.228 e. The average molecular weight is 409 g/mol. The van der Waals surface area contributed by atoms with Crippen LogP contribution < -0.4 is 10.6 Å². The van der Waals surface area contributed by atoms with Crippen LogP contribution in [-0.4, -0.2) is 54.8 Å². The zero-order valence-corrected chi connectivity index (χ0v) is 17.7. The summed E-state index contributed by atoms with van der Waals surface area (Å²) in [6.07, 6.45) is 8.88. The quantitative estimate of drug-likeness (QED) is 0.687. The Kier molecular flexibility index (Phi) is 4.77. The maximum atomic E-state index is 6.01. The zero-order valence-electron chi connectivity index (χ0n) is 17.7. The molecule has 0 amide bonds. The number of hydrogen-bond donors (Lipinski definition) is 1. The summed E-state index contributed by atoms with van der Waals surface area (Å²) in [5, 5.41) is 0. The molecule has 2 aliphatic heterocycles. The molecule has 30 heavy (non-hydrogen) atoms. The molecule has 9 nitrogen and oxygen atoms in total. The van der Waals surface area contributed by atoms with Crippen molar-refractivity contribution in [3.05, 3.63) is 18.7 Å². The lowest BCUT2D eigenvalue weighted by Gasteiger charge is -2.32. The van der Waals surface area contributed by atoms with E-state index < -0.39 is 0 Å². The van der Waals surface area contributed by atoms with Crippen LogP contribution in [0.3, 0.4) is 0 Å². The van der Waals surface area contributed by atoms with E-state index in [0.717, 1.165) is 43.5 Å². The van der Waals surface area contributed by atoms with Gasteiger partial charge in [0.15, 0.2) is 5.65 Å². The molecule has 4 unspecified atom stereocenters. The molecule has 158 valence electrons. The number of imidazole rings is 1. The van der Waals surface area contributed by atoms with Crippen molar-refractivity contribution in [2.45, 2.75) is 58.3 Å². The van der Waals surface area contributed by atoms with Crippen LogP contribution in [0.1, 0.15) is 46.1 Å². The summed E-state index contributed by atoms with van der Waals surface area (Å²) >= 11 is 0. The molecule has 0 aliphatic carbocycles. The molecule has 4 atom stereocenters. The van der Waals surface area contributed by atoms with Crippen LogP contribution in [0.2, 0.25) is 0 Å². The van der Waals surface area contributed by atoms with Crippen molar-refractivity contribution in [2.75, 3.05) is 23.7 Å². The van der Waals surface area contributed by atoms with Gasteiger partial charge in [0, 0.05) is 19.1 Å². The second-order valence-electron chi connectivity index (χ2n) is 8.51. The smallest absolute Gasteiger partial charge is 0.228 e. The minimum Gasteiger partial charge on any atom is -0.382 e. The van der Waals surface area contributed by atoms with Crippen molar-refractivity contribution in [1.29, 1.82) is 0 Å². The Labute approximate surface area is 175 Å². The largest absolute Gasteiger partial charge is 0.382 e. The molecule has 0 spiro atoms.